The Bertz CT molecular complexity index is 497. The molecular formula is C15H22BNO2. The van der Waals surface area contributed by atoms with Crippen LogP contribution in [0.4, 0.5) is 0 Å². The van der Waals surface area contributed by atoms with E-state index in [0.717, 1.165) is 18.6 Å². The second kappa shape index (κ2) is 4.08. The second-order valence-corrected chi connectivity index (χ2v) is 6.79. The number of hydrogen-bond acceptors (Lipinski definition) is 3. The lowest BCUT2D eigenvalue weighted by Gasteiger charge is -2.32. The highest BCUT2D eigenvalue weighted by atomic mass is 16.7. The van der Waals surface area contributed by atoms with E-state index in [0.29, 0.717) is 0 Å². The molecule has 0 N–H and O–H groups in total. The molecule has 0 atom stereocenters. The second-order valence-electron chi connectivity index (χ2n) is 6.79. The summed E-state index contributed by atoms with van der Waals surface area (Å²) in [7, 11) is 1.90. The highest BCUT2D eigenvalue weighted by molar-refractivity contribution is 6.62. The van der Waals surface area contributed by atoms with E-state index in [4.69, 9.17) is 9.31 Å². The van der Waals surface area contributed by atoms with Crippen molar-refractivity contribution in [3.05, 3.63) is 29.3 Å². The molecule has 4 heteroatoms. The van der Waals surface area contributed by atoms with E-state index in [1.807, 2.05) is 0 Å². The van der Waals surface area contributed by atoms with E-state index in [1.165, 1.54) is 11.1 Å². The number of rotatable bonds is 1. The van der Waals surface area contributed by atoms with Crippen molar-refractivity contribution in [2.75, 3.05) is 7.05 Å². The third-order valence-electron chi connectivity index (χ3n) is 4.64. The van der Waals surface area contributed by atoms with Crippen LogP contribution in [-0.2, 0) is 22.4 Å². The Morgan fingerprint density at radius 1 is 1.00 bits per heavy atom. The summed E-state index contributed by atoms with van der Waals surface area (Å²) in [6, 6.07) is 6.58. The smallest absolute Gasteiger partial charge is 0.399 e. The predicted molar refractivity (Wildman–Crippen MR) is 77.3 cm³/mol. The first kappa shape index (κ1) is 13.2. The van der Waals surface area contributed by atoms with Gasteiger partial charge in [0.05, 0.1) is 11.2 Å². The number of fused-ring (bicyclic) bond motifs is 1. The fraction of sp³-hybridized carbons (Fsp3) is 0.600. The van der Waals surface area contributed by atoms with Crippen molar-refractivity contribution in [2.45, 2.75) is 52.0 Å². The summed E-state index contributed by atoms with van der Waals surface area (Å²) in [4.78, 5) is 2.32. The van der Waals surface area contributed by atoms with Gasteiger partial charge < -0.3 is 9.31 Å². The molecule has 0 saturated carbocycles. The van der Waals surface area contributed by atoms with Gasteiger partial charge in [0.25, 0.3) is 0 Å². The lowest BCUT2D eigenvalue weighted by atomic mass is 9.78. The van der Waals surface area contributed by atoms with Crippen LogP contribution in [0, 0.1) is 0 Å². The molecular weight excluding hydrogens is 237 g/mol. The molecule has 1 fully saturated rings. The minimum absolute atomic E-state index is 0.249. The minimum Gasteiger partial charge on any atom is -0.399 e. The standard InChI is InChI=1S/C15H22BNO2/c1-14(2)15(3,4)19-16(18-14)13-7-6-11-9-17(5)10-12(11)8-13/h6-8H,9-10H2,1-5H3. The SMILES string of the molecule is CN1Cc2ccc(B3OC(C)(C)C(C)(C)O3)cc2C1. The quantitative estimate of drug-likeness (QED) is 0.719. The summed E-state index contributed by atoms with van der Waals surface area (Å²) in [6.07, 6.45) is 0. The molecule has 0 radical (unpaired) electrons. The molecule has 19 heavy (non-hydrogen) atoms. The first-order valence-corrected chi connectivity index (χ1v) is 6.94. The van der Waals surface area contributed by atoms with Crippen molar-refractivity contribution in [1.82, 2.24) is 4.90 Å². The number of benzene rings is 1. The zero-order valence-corrected chi connectivity index (χ0v) is 12.5. The van der Waals surface area contributed by atoms with Crippen molar-refractivity contribution >= 4 is 12.6 Å². The van der Waals surface area contributed by atoms with E-state index in [2.05, 4.69) is 57.8 Å². The van der Waals surface area contributed by atoms with E-state index in [1.54, 1.807) is 0 Å². The van der Waals surface area contributed by atoms with E-state index in [9.17, 15) is 0 Å². The first-order valence-electron chi connectivity index (χ1n) is 6.94. The van der Waals surface area contributed by atoms with Gasteiger partial charge >= 0.3 is 7.12 Å². The lowest BCUT2D eigenvalue weighted by Crippen LogP contribution is -2.41. The lowest BCUT2D eigenvalue weighted by molar-refractivity contribution is 0.00578. The molecule has 0 aromatic heterocycles. The number of nitrogens with zero attached hydrogens (tertiary/aromatic N) is 1. The van der Waals surface area contributed by atoms with Crippen molar-refractivity contribution in [3.8, 4) is 0 Å². The normalized spacial score (nSPS) is 24.8. The molecule has 0 amide bonds. The molecule has 3 rings (SSSR count). The van der Waals surface area contributed by atoms with Crippen LogP contribution in [0.2, 0.25) is 0 Å². The number of hydrogen-bond donors (Lipinski definition) is 0. The van der Waals surface area contributed by atoms with Crippen LogP contribution in [-0.4, -0.2) is 30.3 Å². The average molecular weight is 259 g/mol. The Hall–Kier alpha value is -0.835. The van der Waals surface area contributed by atoms with Crippen molar-refractivity contribution in [1.29, 1.82) is 0 Å². The van der Waals surface area contributed by atoms with Crippen LogP contribution < -0.4 is 5.46 Å². The van der Waals surface area contributed by atoms with Gasteiger partial charge in [0.1, 0.15) is 0 Å². The largest absolute Gasteiger partial charge is 0.494 e. The zero-order chi connectivity index (χ0) is 13.8. The van der Waals surface area contributed by atoms with Crippen LogP contribution in [0.25, 0.3) is 0 Å². The average Bonchev–Trinajstić information content (AvgIpc) is 2.74. The fourth-order valence-corrected chi connectivity index (χ4v) is 2.71. The Morgan fingerprint density at radius 3 is 2.21 bits per heavy atom. The Labute approximate surface area is 116 Å². The molecule has 0 bridgehead atoms. The molecule has 0 aliphatic carbocycles. The van der Waals surface area contributed by atoms with Gasteiger partial charge in [0.15, 0.2) is 0 Å². The summed E-state index contributed by atoms with van der Waals surface area (Å²) in [5.74, 6) is 0. The molecule has 1 saturated heterocycles. The molecule has 102 valence electrons. The van der Waals surface area contributed by atoms with Crippen LogP contribution >= 0.6 is 0 Å². The van der Waals surface area contributed by atoms with Crippen molar-refractivity contribution in [2.24, 2.45) is 0 Å². The first-order chi connectivity index (χ1) is 8.78. The third-order valence-corrected chi connectivity index (χ3v) is 4.64. The molecule has 1 aromatic carbocycles. The summed E-state index contributed by atoms with van der Waals surface area (Å²) >= 11 is 0. The zero-order valence-electron chi connectivity index (χ0n) is 12.5. The summed E-state index contributed by atoms with van der Waals surface area (Å²) in [5.41, 5.74) is 3.41. The van der Waals surface area contributed by atoms with Gasteiger partial charge in [-0.1, -0.05) is 18.2 Å². The Morgan fingerprint density at radius 2 is 1.58 bits per heavy atom. The van der Waals surface area contributed by atoms with Gasteiger partial charge in [0, 0.05) is 13.1 Å². The molecule has 1 aromatic rings. The maximum atomic E-state index is 6.10. The van der Waals surface area contributed by atoms with Gasteiger partial charge in [-0.25, -0.2) is 0 Å². The van der Waals surface area contributed by atoms with Gasteiger partial charge in [0.2, 0.25) is 0 Å². The summed E-state index contributed by atoms with van der Waals surface area (Å²) in [6.45, 7) is 10.4. The van der Waals surface area contributed by atoms with Crippen molar-refractivity contribution in [3.63, 3.8) is 0 Å². The van der Waals surface area contributed by atoms with Crippen LogP contribution in [0.1, 0.15) is 38.8 Å². The fourth-order valence-electron chi connectivity index (χ4n) is 2.71. The Balaban J connectivity index is 1.88. The van der Waals surface area contributed by atoms with Gasteiger partial charge in [-0.2, -0.15) is 0 Å². The highest BCUT2D eigenvalue weighted by Crippen LogP contribution is 2.36. The van der Waals surface area contributed by atoms with Crippen molar-refractivity contribution < 1.29 is 9.31 Å². The molecule has 2 aliphatic rings. The monoisotopic (exact) mass is 259 g/mol. The predicted octanol–water partition coefficient (Wildman–Crippen LogP) is 1.93. The Kier molecular flexibility index (Phi) is 2.82. The summed E-state index contributed by atoms with van der Waals surface area (Å²) in [5, 5.41) is 0. The maximum Gasteiger partial charge on any atom is 0.494 e. The minimum atomic E-state index is -0.270. The van der Waals surface area contributed by atoms with Gasteiger partial charge in [-0.15, -0.1) is 0 Å². The van der Waals surface area contributed by atoms with Crippen LogP contribution in [0.3, 0.4) is 0 Å². The topological polar surface area (TPSA) is 21.7 Å². The van der Waals surface area contributed by atoms with Gasteiger partial charge in [-0.3, -0.25) is 4.90 Å². The van der Waals surface area contributed by atoms with Gasteiger partial charge in [-0.05, 0) is 51.3 Å². The molecule has 0 spiro atoms. The van der Waals surface area contributed by atoms with E-state index >= 15 is 0 Å². The maximum absolute atomic E-state index is 6.10. The third kappa shape index (κ3) is 2.12. The summed E-state index contributed by atoms with van der Waals surface area (Å²) < 4.78 is 12.2. The molecule has 2 heterocycles. The van der Waals surface area contributed by atoms with Crippen LogP contribution in [0.5, 0.6) is 0 Å². The van der Waals surface area contributed by atoms with E-state index < -0.39 is 0 Å². The molecule has 2 aliphatic heterocycles. The molecule has 0 unspecified atom stereocenters. The highest BCUT2D eigenvalue weighted by Gasteiger charge is 2.51. The van der Waals surface area contributed by atoms with E-state index in [-0.39, 0.29) is 18.3 Å². The molecule has 3 nitrogen and oxygen atoms in total. The van der Waals surface area contributed by atoms with Crippen LogP contribution in [0.15, 0.2) is 18.2 Å².